The topological polar surface area (TPSA) is 61.7 Å². The van der Waals surface area contributed by atoms with E-state index in [-0.39, 0.29) is 16.0 Å². The highest BCUT2D eigenvalue weighted by Crippen LogP contribution is 2.31. The lowest BCUT2D eigenvalue weighted by Crippen LogP contribution is -2.05. The summed E-state index contributed by atoms with van der Waals surface area (Å²) in [6.07, 6.45) is 0.735. The Bertz CT molecular complexity index is 829. The Morgan fingerprint density at radius 3 is 2.48 bits per heavy atom. The number of aromatic nitrogens is 4. The Morgan fingerprint density at radius 1 is 1.29 bits per heavy atom. The number of aryl methyl sites for hydroxylation is 2. The maximum atomic E-state index is 13.6. The van der Waals surface area contributed by atoms with Gasteiger partial charge in [0.15, 0.2) is 11.5 Å². The van der Waals surface area contributed by atoms with Crippen molar-refractivity contribution in [3.63, 3.8) is 0 Å². The molecule has 2 aromatic heterocycles. The van der Waals surface area contributed by atoms with Gasteiger partial charge in [0.1, 0.15) is 5.52 Å². The van der Waals surface area contributed by atoms with Crippen LogP contribution in [0.25, 0.3) is 16.9 Å². The van der Waals surface area contributed by atoms with E-state index in [4.69, 9.17) is 28.9 Å². The zero-order chi connectivity index (χ0) is 15.3. The molecule has 0 saturated carbocycles. The first-order valence-electron chi connectivity index (χ1n) is 6.28. The summed E-state index contributed by atoms with van der Waals surface area (Å²) in [5, 5.41) is 4.25. The average molecular weight is 328 g/mol. The molecule has 2 heterocycles. The summed E-state index contributed by atoms with van der Waals surface area (Å²) < 4.78 is 16.9. The van der Waals surface area contributed by atoms with E-state index in [9.17, 15) is 4.39 Å². The number of hydrogen-bond acceptors (Lipinski definition) is 3. The third kappa shape index (κ3) is 2.06. The fourth-order valence-electron chi connectivity index (χ4n) is 2.36. The number of nitrogen functional groups attached to an aromatic ring is 1. The molecule has 110 valence electrons. The zero-order valence-electron chi connectivity index (χ0n) is 11.4. The maximum absolute atomic E-state index is 13.6. The molecule has 3 aromatic rings. The van der Waals surface area contributed by atoms with Crippen LogP contribution in [0.4, 0.5) is 10.3 Å². The summed E-state index contributed by atoms with van der Waals surface area (Å²) >= 11 is 11.7. The van der Waals surface area contributed by atoms with Gasteiger partial charge in [-0.3, -0.25) is 4.57 Å². The van der Waals surface area contributed by atoms with Gasteiger partial charge in [0.05, 0.1) is 21.4 Å². The van der Waals surface area contributed by atoms with Crippen molar-refractivity contribution in [3.05, 3.63) is 33.7 Å². The molecule has 0 aliphatic heterocycles. The van der Waals surface area contributed by atoms with E-state index in [1.54, 1.807) is 16.3 Å². The number of fused-ring (bicyclic) bond motifs is 1. The number of imidazole rings is 1. The smallest absolute Gasteiger partial charge is 0.207 e. The van der Waals surface area contributed by atoms with Crippen LogP contribution in [0.5, 0.6) is 0 Å². The number of rotatable bonds is 2. The summed E-state index contributed by atoms with van der Waals surface area (Å²) in [6.45, 7) is 1.99. The number of benzene rings is 1. The lowest BCUT2D eigenvalue weighted by Gasteiger charge is -2.09. The van der Waals surface area contributed by atoms with Gasteiger partial charge in [0, 0.05) is 7.05 Å². The molecule has 8 heteroatoms. The molecule has 0 radical (unpaired) electrons. The van der Waals surface area contributed by atoms with Crippen molar-refractivity contribution >= 4 is 40.3 Å². The Hall–Kier alpha value is -1.79. The molecule has 21 heavy (non-hydrogen) atoms. The fourth-order valence-corrected chi connectivity index (χ4v) is 2.84. The maximum Gasteiger partial charge on any atom is 0.207 e. The Morgan fingerprint density at radius 2 is 1.90 bits per heavy atom. The predicted molar refractivity (Wildman–Crippen MR) is 81.6 cm³/mol. The third-order valence-corrected chi connectivity index (χ3v) is 3.84. The summed E-state index contributed by atoms with van der Waals surface area (Å²) in [5.74, 6) is -0.386. The van der Waals surface area contributed by atoms with Crippen molar-refractivity contribution in [2.24, 2.45) is 7.05 Å². The minimum absolute atomic E-state index is 0.0726. The Labute approximate surface area is 130 Å². The molecular weight excluding hydrogens is 316 g/mol. The highest BCUT2D eigenvalue weighted by molar-refractivity contribution is 6.35. The minimum atomic E-state index is -0.656. The van der Waals surface area contributed by atoms with Crippen molar-refractivity contribution < 1.29 is 4.39 Å². The molecular formula is C13H12Cl2FN5. The number of halogens is 3. The number of nitrogens with two attached hydrogens (primary N) is 1. The van der Waals surface area contributed by atoms with Crippen molar-refractivity contribution in [1.82, 2.24) is 19.3 Å². The molecule has 3 rings (SSSR count). The van der Waals surface area contributed by atoms with E-state index in [1.807, 2.05) is 6.92 Å². The summed E-state index contributed by atoms with van der Waals surface area (Å²) in [6, 6.07) is 2.91. The first-order valence-corrected chi connectivity index (χ1v) is 7.04. The van der Waals surface area contributed by atoms with E-state index >= 15 is 0 Å². The fraction of sp³-hybridized carbons (Fsp3) is 0.231. The molecule has 0 spiro atoms. The molecule has 0 atom stereocenters. The van der Waals surface area contributed by atoms with Crippen LogP contribution >= 0.6 is 23.2 Å². The van der Waals surface area contributed by atoms with Gasteiger partial charge in [-0.05, 0) is 18.6 Å². The Balaban J connectivity index is 2.35. The first-order chi connectivity index (χ1) is 9.93. The molecule has 0 saturated heterocycles. The third-order valence-electron chi connectivity index (χ3n) is 3.29. The number of anilines is 1. The van der Waals surface area contributed by atoms with Crippen molar-refractivity contribution in [2.45, 2.75) is 13.3 Å². The monoisotopic (exact) mass is 327 g/mol. The zero-order valence-corrected chi connectivity index (χ0v) is 12.9. The van der Waals surface area contributed by atoms with E-state index < -0.39 is 5.82 Å². The van der Waals surface area contributed by atoms with Gasteiger partial charge in [-0.15, -0.1) is 0 Å². The molecule has 0 aliphatic rings. The van der Waals surface area contributed by atoms with Crippen molar-refractivity contribution in [3.8, 4) is 5.69 Å². The SMILES string of the molecule is CCc1nn(C)c2c1nc(N)n2-c1cc(Cl)c(F)c(Cl)c1. The predicted octanol–water partition coefficient (Wildman–Crippen LogP) is 3.35. The Kier molecular flexibility index (Phi) is 3.30. The van der Waals surface area contributed by atoms with Gasteiger partial charge in [-0.2, -0.15) is 5.10 Å². The van der Waals surface area contributed by atoms with Crippen LogP contribution in [0.2, 0.25) is 10.0 Å². The first kappa shape index (κ1) is 14.2. The molecule has 0 amide bonds. The van der Waals surface area contributed by atoms with Gasteiger partial charge in [-0.1, -0.05) is 30.1 Å². The molecule has 0 aliphatic carbocycles. The lowest BCUT2D eigenvalue weighted by atomic mass is 10.3. The number of hydrogen-bond donors (Lipinski definition) is 1. The highest BCUT2D eigenvalue weighted by Gasteiger charge is 2.19. The minimum Gasteiger partial charge on any atom is -0.369 e. The van der Waals surface area contributed by atoms with Gasteiger partial charge in [0.2, 0.25) is 5.95 Å². The second-order valence-electron chi connectivity index (χ2n) is 4.62. The van der Waals surface area contributed by atoms with E-state index in [2.05, 4.69) is 10.1 Å². The van der Waals surface area contributed by atoms with E-state index in [0.717, 1.165) is 12.1 Å². The van der Waals surface area contributed by atoms with Crippen LogP contribution < -0.4 is 5.73 Å². The summed E-state index contributed by atoms with van der Waals surface area (Å²) in [5.41, 5.74) is 8.80. The standard InChI is InChI=1S/C13H12Cl2FN5/c1-3-9-11-12(20(2)19-9)21(13(17)18-11)6-4-7(14)10(16)8(15)5-6/h4-5H,3H2,1-2H3,(H2,17,18). The van der Waals surface area contributed by atoms with E-state index in [0.29, 0.717) is 16.9 Å². The highest BCUT2D eigenvalue weighted by atomic mass is 35.5. The van der Waals surface area contributed by atoms with Gasteiger partial charge in [-0.25, -0.2) is 14.1 Å². The van der Waals surface area contributed by atoms with Crippen LogP contribution in [0.1, 0.15) is 12.6 Å². The average Bonchev–Trinajstić information content (AvgIpc) is 2.92. The summed E-state index contributed by atoms with van der Waals surface area (Å²) in [7, 11) is 1.80. The molecule has 0 fully saturated rings. The molecule has 0 bridgehead atoms. The van der Waals surface area contributed by atoms with Crippen LogP contribution in [0.3, 0.4) is 0 Å². The molecule has 1 aromatic carbocycles. The van der Waals surface area contributed by atoms with Gasteiger partial charge >= 0.3 is 0 Å². The quantitative estimate of drug-likeness (QED) is 0.734. The molecule has 5 nitrogen and oxygen atoms in total. The van der Waals surface area contributed by atoms with Gasteiger partial charge in [0.25, 0.3) is 0 Å². The second kappa shape index (κ2) is 4.89. The van der Waals surface area contributed by atoms with Crippen molar-refractivity contribution in [1.29, 1.82) is 0 Å². The van der Waals surface area contributed by atoms with E-state index in [1.165, 1.54) is 12.1 Å². The van der Waals surface area contributed by atoms with Crippen LogP contribution in [-0.4, -0.2) is 19.3 Å². The van der Waals surface area contributed by atoms with Gasteiger partial charge < -0.3 is 5.73 Å². The lowest BCUT2D eigenvalue weighted by molar-refractivity contribution is 0.628. The summed E-state index contributed by atoms with van der Waals surface area (Å²) in [4.78, 5) is 4.34. The largest absolute Gasteiger partial charge is 0.369 e. The van der Waals surface area contributed by atoms with Crippen molar-refractivity contribution in [2.75, 3.05) is 5.73 Å². The van der Waals surface area contributed by atoms with Crippen LogP contribution in [-0.2, 0) is 13.5 Å². The number of nitrogens with zero attached hydrogens (tertiary/aromatic N) is 4. The van der Waals surface area contributed by atoms with Crippen LogP contribution in [0.15, 0.2) is 12.1 Å². The second-order valence-corrected chi connectivity index (χ2v) is 5.44. The molecule has 0 unspecified atom stereocenters. The normalized spacial score (nSPS) is 11.5. The molecule has 2 N–H and O–H groups in total. The van der Waals surface area contributed by atoms with Crippen LogP contribution in [0, 0.1) is 5.82 Å².